The second-order valence-corrected chi connectivity index (χ2v) is 8.15. The number of rotatable bonds is 7. The number of thiazole rings is 1. The van der Waals surface area contributed by atoms with Gasteiger partial charge < -0.3 is 14.0 Å². The van der Waals surface area contributed by atoms with Crippen molar-refractivity contribution < 1.29 is 18.8 Å². The topological polar surface area (TPSA) is 86.5 Å². The van der Waals surface area contributed by atoms with Gasteiger partial charge in [-0.2, -0.15) is 0 Å². The molecule has 2 heterocycles. The minimum Gasteiger partial charge on any atom is -0.497 e. The number of carbonyl (C=O) groups excluding carboxylic acids is 1. The average molecular weight is 450 g/mol. The fourth-order valence-corrected chi connectivity index (χ4v) is 3.92. The van der Waals surface area contributed by atoms with Gasteiger partial charge in [-0.05, 0) is 68.8 Å². The van der Waals surface area contributed by atoms with Crippen LogP contribution in [0.3, 0.4) is 0 Å². The second kappa shape index (κ2) is 9.23. The summed E-state index contributed by atoms with van der Waals surface area (Å²) >= 11 is 1.38. The van der Waals surface area contributed by atoms with Gasteiger partial charge in [0.25, 0.3) is 5.91 Å². The van der Waals surface area contributed by atoms with E-state index in [-0.39, 0.29) is 5.91 Å². The Kier molecular flexibility index (Phi) is 6.23. The van der Waals surface area contributed by atoms with Gasteiger partial charge in [0.05, 0.1) is 24.1 Å². The first-order chi connectivity index (χ1) is 15.4. The van der Waals surface area contributed by atoms with Crippen LogP contribution >= 0.6 is 11.3 Å². The van der Waals surface area contributed by atoms with Gasteiger partial charge in [0.1, 0.15) is 23.9 Å². The molecule has 0 aliphatic heterocycles. The molecule has 0 aliphatic carbocycles. The SMILES string of the molecule is COc1ccc(-c2csc(NC(=O)c3ccc(OCc4c(C)noc4C)c(C)c3)n2)cc1. The van der Waals surface area contributed by atoms with Gasteiger partial charge in [-0.25, -0.2) is 4.98 Å². The van der Waals surface area contributed by atoms with Crippen LogP contribution in [0.5, 0.6) is 11.5 Å². The highest BCUT2D eigenvalue weighted by Crippen LogP contribution is 2.27. The summed E-state index contributed by atoms with van der Waals surface area (Å²) in [5, 5.41) is 9.26. The normalized spacial score (nSPS) is 10.8. The first kappa shape index (κ1) is 21.6. The summed E-state index contributed by atoms with van der Waals surface area (Å²) in [4.78, 5) is 17.2. The molecule has 4 aromatic rings. The van der Waals surface area contributed by atoms with E-state index in [0.29, 0.717) is 23.1 Å². The van der Waals surface area contributed by atoms with Gasteiger partial charge in [0.2, 0.25) is 0 Å². The minimum absolute atomic E-state index is 0.221. The molecule has 1 amide bonds. The van der Waals surface area contributed by atoms with Crippen LogP contribution in [0.25, 0.3) is 11.3 Å². The summed E-state index contributed by atoms with van der Waals surface area (Å²) in [5.41, 5.74) is 4.90. The predicted molar refractivity (Wildman–Crippen MR) is 124 cm³/mol. The largest absolute Gasteiger partial charge is 0.497 e. The zero-order valence-electron chi connectivity index (χ0n) is 18.3. The minimum atomic E-state index is -0.221. The van der Waals surface area contributed by atoms with Gasteiger partial charge in [-0.3, -0.25) is 10.1 Å². The molecule has 32 heavy (non-hydrogen) atoms. The highest BCUT2D eigenvalue weighted by atomic mass is 32.1. The number of hydrogen-bond acceptors (Lipinski definition) is 7. The van der Waals surface area contributed by atoms with Crippen LogP contribution in [0, 0.1) is 20.8 Å². The molecule has 0 bridgehead atoms. The number of hydrogen-bond donors (Lipinski definition) is 1. The van der Waals surface area contributed by atoms with E-state index < -0.39 is 0 Å². The Bertz CT molecular complexity index is 1230. The summed E-state index contributed by atoms with van der Waals surface area (Å²) in [6, 6.07) is 13.0. The van der Waals surface area contributed by atoms with Crippen molar-refractivity contribution >= 4 is 22.4 Å². The van der Waals surface area contributed by atoms with Gasteiger partial charge in [0, 0.05) is 16.5 Å². The van der Waals surface area contributed by atoms with Crippen LogP contribution in [0.1, 0.15) is 32.9 Å². The molecule has 2 aromatic heterocycles. The van der Waals surface area contributed by atoms with Crippen molar-refractivity contribution in [3.63, 3.8) is 0 Å². The fraction of sp³-hybridized carbons (Fsp3) is 0.208. The van der Waals surface area contributed by atoms with Crippen molar-refractivity contribution in [1.82, 2.24) is 10.1 Å². The van der Waals surface area contributed by atoms with Crippen LogP contribution < -0.4 is 14.8 Å². The molecule has 0 atom stereocenters. The Labute approximate surface area is 190 Å². The van der Waals surface area contributed by atoms with Crippen LogP contribution in [-0.2, 0) is 6.61 Å². The van der Waals surface area contributed by atoms with Gasteiger partial charge >= 0.3 is 0 Å². The molecular weight excluding hydrogens is 426 g/mol. The van der Waals surface area contributed by atoms with E-state index in [1.54, 1.807) is 25.3 Å². The number of amides is 1. The van der Waals surface area contributed by atoms with Crippen LogP contribution in [-0.4, -0.2) is 23.2 Å². The third-order valence-corrected chi connectivity index (χ3v) is 5.86. The third-order valence-electron chi connectivity index (χ3n) is 5.10. The Balaban J connectivity index is 1.41. The molecule has 0 spiro atoms. The zero-order chi connectivity index (χ0) is 22.7. The number of aryl methyl sites for hydroxylation is 3. The number of nitrogens with one attached hydrogen (secondary N) is 1. The second-order valence-electron chi connectivity index (χ2n) is 7.29. The van der Waals surface area contributed by atoms with E-state index in [0.717, 1.165) is 39.6 Å². The number of ether oxygens (including phenoxy) is 2. The fourth-order valence-electron chi connectivity index (χ4n) is 3.21. The maximum atomic E-state index is 12.7. The number of nitrogens with zero attached hydrogens (tertiary/aromatic N) is 2. The van der Waals surface area contributed by atoms with Gasteiger partial charge in [0.15, 0.2) is 5.13 Å². The molecular formula is C24H23N3O4S. The molecule has 7 nitrogen and oxygen atoms in total. The molecule has 4 rings (SSSR count). The quantitative estimate of drug-likeness (QED) is 0.397. The first-order valence-electron chi connectivity index (χ1n) is 10.0. The number of methoxy groups -OCH3 is 1. The molecule has 1 N–H and O–H groups in total. The molecule has 0 aliphatic rings. The number of benzene rings is 2. The van der Waals surface area contributed by atoms with Crippen LogP contribution in [0.15, 0.2) is 52.4 Å². The number of anilines is 1. The Morgan fingerprint density at radius 1 is 1.12 bits per heavy atom. The summed E-state index contributed by atoms with van der Waals surface area (Å²) in [6.07, 6.45) is 0. The van der Waals surface area contributed by atoms with Gasteiger partial charge in [-0.15, -0.1) is 11.3 Å². The Morgan fingerprint density at radius 2 is 1.91 bits per heavy atom. The molecule has 2 aromatic carbocycles. The lowest BCUT2D eigenvalue weighted by Crippen LogP contribution is -2.12. The van der Waals surface area contributed by atoms with Crippen LogP contribution in [0.2, 0.25) is 0 Å². The van der Waals surface area contributed by atoms with E-state index in [9.17, 15) is 4.79 Å². The number of carbonyl (C=O) groups is 1. The molecule has 0 unspecified atom stereocenters. The van der Waals surface area contributed by atoms with E-state index in [4.69, 9.17) is 14.0 Å². The molecule has 0 radical (unpaired) electrons. The zero-order valence-corrected chi connectivity index (χ0v) is 19.1. The lowest BCUT2D eigenvalue weighted by atomic mass is 10.1. The van der Waals surface area contributed by atoms with E-state index in [2.05, 4.69) is 15.5 Å². The predicted octanol–water partition coefficient (Wildman–Crippen LogP) is 5.56. The van der Waals surface area contributed by atoms with Crippen LogP contribution in [0.4, 0.5) is 5.13 Å². The van der Waals surface area contributed by atoms with E-state index in [1.807, 2.05) is 50.4 Å². The monoisotopic (exact) mass is 449 g/mol. The maximum absolute atomic E-state index is 12.7. The number of aromatic nitrogens is 2. The summed E-state index contributed by atoms with van der Waals surface area (Å²) in [6.45, 7) is 6.01. The van der Waals surface area contributed by atoms with E-state index in [1.165, 1.54) is 11.3 Å². The highest BCUT2D eigenvalue weighted by molar-refractivity contribution is 7.14. The highest BCUT2D eigenvalue weighted by Gasteiger charge is 2.14. The van der Waals surface area contributed by atoms with Crippen molar-refractivity contribution in [3.8, 4) is 22.8 Å². The van der Waals surface area contributed by atoms with Crippen molar-refractivity contribution in [3.05, 3.63) is 76.0 Å². The summed E-state index contributed by atoms with van der Waals surface area (Å²) in [5.74, 6) is 2.01. The third kappa shape index (κ3) is 4.65. The van der Waals surface area contributed by atoms with Crippen molar-refractivity contribution in [2.75, 3.05) is 12.4 Å². The summed E-state index contributed by atoms with van der Waals surface area (Å²) in [7, 11) is 1.63. The summed E-state index contributed by atoms with van der Waals surface area (Å²) < 4.78 is 16.3. The first-order valence-corrected chi connectivity index (χ1v) is 10.9. The average Bonchev–Trinajstić information content (AvgIpc) is 3.39. The van der Waals surface area contributed by atoms with Crippen molar-refractivity contribution in [2.45, 2.75) is 27.4 Å². The molecule has 8 heteroatoms. The maximum Gasteiger partial charge on any atom is 0.257 e. The Morgan fingerprint density at radius 3 is 2.56 bits per heavy atom. The molecule has 0 saturated heterocycles. The van der Waals surface area contributed by atoms with E-state index >= 15 is 0 Å². The van der Waals surface area contributed by atoms with Crippen molar-refractivity contribution in [2.24, 2.45) is 0 Å². The standard InChI is InChI=1S/C24H23N3O4S/c1-14-11-18(7-10-22(14)30-12-20-15(2)27-31-16(20)3)23(28)26-24-25-21(13-32-24)17-5-8-19(29-4)9-6-17/h5-11,13H,12H2,1-4H3,(H,25,26,28). The lowest BCUT2D eigenvalue weighted by molar-refractivity contribution is 0.102. The Hall–Kier alpha value is -3.65. The van der Waals surface area contributed by atoms with Crippen molar-refractivity contribution in [1.29, 1.82) is 0 Å². The molecule has 164 valence electrons. The molecule has 0 fully saturated rings. The molecule has 0 saturated carbocycles. The smallest absolute Gasteiger partial charge is 0.257 e. The lowest BCUT2D eigenvalue weighted by Gasteiger charge is -2.10. The van der Waals surface area contributed by atoms with Gasteiger partial charge in [-0.1, -0.05) is 5.16 Å².